The zero-order valence-electron chi connectivity index (χ0n) is 13.9. The summed E-state index contributed by atoms with van der Waals surface area (Å²) < 4.78 is 40.2. The molecule has 1 aliphatic rings. The fourth-order valence-electron chi connectivity index (χ4n) is 3.31. The molecule has 0 heterocycles. The number of benzene rings is 1. The van der Waals surface area contributed by atoms with Crippen molar-refractivity contribution in [3.8, 4) is 17.6 Å². The van der Waals surface area contributed by atoms with Crippen LogP contribution < -0.4 is 4.74 Å². The van der Waals surface area contributed by atoms with Crippen molar-refractivity contribution in [1.29, 1.82) is 0 Å². The normalized spacial score (nSPS) is 22.2. The predicted octanol–water partition coefficient (Wildman–Crippen LogP) is 5.96. The zero-order chi connectivity index (χ0) is 17.6. The maximum absolute atomic E-state index is 12.1. The van der Waals surface area contributed by atoms with Crippen molar-refractivity contribution < 1.29 is 17.9 Å². The Kier molecular flexibility index (Phi) is 6.36. The Labute approximate surface area is 141 Å². The van der Waals surface area contributed by atoms with Crippen molar-refractivity contribution in [2.24, 2.45) is 17.8 Å². The summed E-state index contributed by atoms with van der Waals surface area (Å²) in [7, 11) is 0. The third kappa shape index (κ3) is 5.63. The van der Waals surface area contributed by atoms with Crippen molar-refractivity contribution in [2.75, 3.05) is 0 Å². The number of ether oxygens (including phenoxy) is 1. The Bertz CT molecular complexity index is 584. The van der Waals surface area contributed by atoms with Crippen LogP contribution in [0.4, 0.5) is 13.2 Å². The number of hydrogen-bond donors (Lipinski definition) is 0. The third-order valence-corrected chi connectivity index (χ3v) is 4.66. The molecule has 1 unspecified atom stereocenters. The summed E-state index contributed by atoms with van der Waals surface area (Å²) in [4.78, 5) is 0. The average Bonchev–Trinajstić information content (AvgIpc) is 2.55. The van der Waals surface area contributed by atoms with E-state index in [1.165, 1.54) is 25.0 Å². The Morgan fingerprint density at radius 1 is 1.21 bits per heavy atom. The second-order valence-corrected chi connectivity index (χ2v) is 6.26. The van der Waals surface area contributed by atoms with Gasteiger partial charge in [0.05, 0.1) is 0 Å². The maximum atomic E-state index is 12.1. The van der Waals surface area contributed by atoms with Gasteiger partial charge in [-0.1, -0.05) is 24.8 Å². The van der Waals surface area contributed by atoms with Crippen LogP contribution in [0.25, 0.3) is 0 Å². The molecular formula is C20H23F3O. The number of allylic oxidation sites excluding steroid dienone is 1. The van der Waals surface area contributed by atoms with Crippen molar-refractivity contribution in [3.63, 3.8) is 0 Å². The van der Waals surface area contributed by atoms with Crippen LogP contribution in [0.3, 0.4) is 0 Å². The summed E-state index contributed by atoms with van der Waals surface area (Å²) in [6.45, 7) is 6.12. The minimum absolute atomic E-state index is 0.219. The Morgan fingerprint density at radius 3 is 2.33 bits per heavy atom. The van der Waals surface area contributed by atoms with Crippen molar-refractivity contribution in [1.82, 2.24) is 0 Å². The molecule has 0 bridgehead atoms. The smallest absolute Gasteiger partial charge is 0.406 e. The second-order valence-electron chi connectivity index (χ2n) is 6.26. The predicted molar refractivity (Wildman–Crippen MR) is 89.4 cm³/mol. The fourth-order valence-corrected chi connectivity index (χ4v) is 3.31. The van der Waals surface area contributed by atoms with Crippen molar-refractivity contribution >= 4 is 0 Å². The van der Waals surface area contributed by atoms with E-state index in [2.05, 4.69) is 36.2 Å². The molecule has 1 aromatic rings. The Morgan fingerprint density at radius 2 is 1.83 bits per heavy atom. The molecule has 0 N–H and O–H groups in total. The molecule has 130 valence electrons. The first kappa shape index (κ1) is 18.4. The molecule has 24 heavy (non-hydrogen) atoms. The SMILES string of the molecule is C=CC(CC)[C@H]1CC[C@H](C#Cc2ccc(OC(F)(F)F)cc2)CC1. The van der Waals surface area contributed by atoms with E-state index in [1.54, 1.807) is 12.1 Å². The molecule has 1 aromatic carbocycles. The van der Waals surface area contributed by atoms with Crippen molar-refractivity contribution in [3.05, 3.63) is 42.5 Å². The first-order valence-electron chi connectivity index (χ1n) is 8.41. The van der Waals surface area contributed by atoms with Gasteiger partial charge in [-0.15, -0.1) is 19.8 Å². The first-order chi connectivity index (χ1) is 11.4. The fraction of sp³-hybridized carbons (Fsp3) is 0.500. The summed E-state index contributed by atoms with van der Waals surface area (Å²) >= 11 is 0. The van der Waals surface area contributed by atoms with Crippen LogP contribution in [0.5, 0.6) is 5.75 Å². The second kappa shape index (κ2) is 8.28. The topological polar surface area (TPSA) is 9.23 Å². The molecule has 0 amide bonds. The zero-order valence-corrected chi connectivity index (χ0v) is 13.9. The van der Waals surface area contributed by atoms with E-state index in [0.29, 0.717) is 23.3 Å². The molecule has 0 aliphatic heterocycles. The van der Waals surface area contributed by atoms with E-state index >= 15 is 0 Å². The van der Waals surface area contributed by atoms with Crippen LogP contribution in [0.2, 0.25) is 0 Å². The lowest BCUT2D eigenvalue weighted by Gasteiger charge is -2.30. The van der Waals surface area contributed by atoms with Gasteiger partial charge >= 0.3 is 6.36 Å². The number of rotatable bonds is 4. The van der Waals surface area contributed by atoms with Gasteiger partial charge in [-0.3, -0.25) is 0 Å². The molecule has 0 spiro atoms. The van der Waals surface area contributed by atoms with Crippen LogP contribution in [-0.2, 0) is 0 Å². The van der Waals surface area contributed by atoms with E-state index < -0.39 is 6.36 Å². The number of hydrogen-bond acceptors (Lipinski definition) is 1. The van der Waals surface area contributed by atoms with E-state index in [-0.39, 0.29) is 5.75 Å². The molecule has 1 nitrogen and oxygen atoms in total. The molecule has 1 fully saturated rings. The van der Waals surface area contributed by atoms with Crippen LogP contribution in [-0.4, -0.2) is 6.36 Å². The van der Waals surface area contributed by atoms with E-state index in [9.17, 15) is 13.2 Å². The highest BCUT2D eigenvalue weighted by molar-refractivity contribution is 5.38. The largest absolute Gasteiger partial charge is 0.573 e. The summed E-state index contributed by atoms with van der Waals surface area (Å²) in [5, 5.41) is 0. The van der Waals surface area contributed by atoms with Gasteiger partial charge in [-0.25, -0.2) is 0 Å². The van der Waals surface area contributed by atoms with E-state index in [0.717, 1.165) is 19.3 Å². The van der Waals surface area contributed by atoms with Gasteiger partial charge in [-0.2, -0.15) is 0 Å². The number of alkyl halides is 3. The molecule has 1 saturated carbocycles. The molecule has 0 saturated heterocycles. The van der Waals surface area contributed by atoms with Gasteiger partial charge in [0.15, 0.2) is 0 Å². The summed E-state index contributed by atoms with van der Waals surface area (Å²) in [6, 6.07) is 5.71. The van der Waals surface area contributed by atoms with Gasteiger partial charge < -0.3 is 4.74 Å². The summed E-state index contributed by atoms with van der Waals surface area (Å²) in [5.41, 5.74) is 0.712. The Balaban J connectivity index is 1.88. The van der Waals surface area contributed by atoms with Crippen LogP contribution in [0, 0.1) is 29.6 Å². The summed E-state index contributed by atoms with van der Waals surface area (Å²) in [6.07, 6.45) is 3.05. The quantitative estimate of drug-likeness (QED) is 0.487. The van der Waals surface area contributed by atoms with Gasteiger partial charge in [0.2, 0.25) is 0 Å². The van der Waals surface area contributed by atoms with Crippen molar-refractivity contribution in [2.45, 2.75) is 45.4 Å². The first-order valence-corrected chi connectivity index (χ1v) is 8.41. The lowest BCUT2D eigenvalue weighted by molar-refractivity contribution is -0.274. The molecule has 4 heteroatoms. The number of halogens is 3. The minimum Gasteiger partial charge on any atom is -0.406 e. The standard InChI is InChI=1S/C20H23F3O/c1-3-17(4-2)18-11-7-15(8-12-18)5-6-16-9-13-19(14-10-16)24-20(21,22)23/h3,9-10,13-15,17-18H,1,4,7-8,11-12H2,2H3/t15-,17?,18-. The van der Waals surface area contributed by atoms with Gasteiger partial charge in [-0.05, 0) is 68.2 Å². The Hall–Kier alpha value is -1.89. The highest BCUT2D eigenvalue weighted by Crippen LogP contribution is 2.35. The minimum atomic E-state index is -4.66. The van der Waals surface area contributed by atoms with Crippen LogP contribution in [0.15, 0.2) is 36.9 Å². The van der Waals surface area contributed by atoms with Gasteiger partial charge in [0, 0.05) is 11.5 Å². The van der Waals surface area contributed by atoms with E-state index in [1.807, 2.05) is 0 Å². The molecular weight excluding hydrogens is 313 g/mol. The average molecular weight is 336 g/mol. The lowest BCUT2D eigenvalue weighted by atomic mass is 9.75. The molecule has 1 atom stereocenters. The van der Waals surface area contributed by atoms with Gasteiger partial charge in [0.25, 0.3) is 0 Å². The molecule has 2 rings (SSSR count). The highest BCUT2D eigenvalue weighted by atomic mass is 19.4. The molecule has 1 aliphatic carbocycles. The molecule has 0 aromatic heterocycles. The summed E-state index contributed by atoms with van der Waals surface area (Å²) in [5.74, 6) is 7.79. The lowest BCUT2D eigenvalue weighted by Crippen LogP contribution is -2.19. The highest BCUT2D eigenvalue weighted by Gasteiger charge is 2.31. The third-order valence-electron chi connectivity index (χ3n) is 4.66. The van der Waals surface area contributed by atoms with E-state index in [4.69, 9.17) is 0 Å². The van der Waals surface area contributed by atoms with Gasteiger partial charge in [0.1, 0.15) is 5.75 Å². The maximum Gasteiger partial charge on any atom is 0.573 e. The van der Waals surface area contributed by atoms with Crippen LogP contribution in [0.1, 0.15) is 44.6 Å². The molecule has 0 radical (unpaired) electrons. The monoisotopic (exact) mass is 336 g/mol. The van der Waals surface area contributed by atoms with Crippen LogP contribution >= 0.6 is 0 Å².